The number of rotatable bonds is 5. The topological polar surface area (TPSA) is 79.9 Å². The van der Waals surface area contributed by atoms with E-state index in [1.807, 2.05) is 41.1 Å². The van der Waals surface area contributed by atoms with Crippen LogP contribution in [0, 0.1) is 11.3 Å². The number of nitrogens with zero attached hydrogens (tertiary/aromatic N) is 3. The van der Waals surface area contributed by atoms with Crippen LogP contribution in [0.25, 0.3) is 5.69 Å². The van der Waals surface area contributed by atoms with Gasteiger partial charge in [-0.2, -0.15) is 5.26 Å². The molecule has 0 spiro atoms. The molecule has 6 nitrogen and oxygen atoms in total. The predicted molar refractivity (Wildman–Crippen MR) is 93.4 cm³/mol. The smallest absolute Gasteiger partial charge is 0.265 e. The summed E-state index contributed by atoms with van der Waals surface area (Å²) in [6.45, 7) is 1.67. The number of aromatic nitrogens is 2. The standard InChI is InChI=1S/C19H16N4O2/c1-14(25-18-8-2-15(12-20)3-9-18)19(24)22-16-4-6-17(7-5-16)23-11-10-21-13-23/h2-11,13-14H,1H3,(H,22,24). The zero-order valence-corrected chi connectivity index (χ0v) is 13.6. The minimum atomic E-state index is -0.665. The molecule has 0 aliphatic heterocycles. The normalized spacial score (nSPS) is 11.4. The number of nitriles is 1. The van der Waals surface area contributed by atoms with Crippen LogP contribution in [0.1, 0.15) is 12.5 Å². The molecular weight excluding hydrogens is 316 g/mol. The zero-order valence-electron chi connectivity index (χ0n) is 13.6. The Morgan fingerprint density at radius 3 is 2.52 bits per heavy atom. The first-order chi connectivity index (χ1) is 12.2. The highest BCUT2D eigenvalue weighted by Gasteiger charge is 2.15. The van der Waals surface area contributed by atoms with Crippen molar-refractivity contribution in [1.29, 1.82) is 5.26 Å². The van der Waals surface area contributed by atoms with Gasteiger partial charge in [-0.05, 0) is 55.5 Å². The molecule has 1 N–H and O–H groups in total. The summed E-state index contributed by atoms with van der Waals surface area (Å²) in [7, 11) is 0. The van der Waals surface area contributed by atoms with Crippen LogP contribution in [0.5, 0.6) is 5.75 Å². The summed E-state index contributed by atoms with van der Waals surface area (Å²) in [6, 6.07) is 16.1. The van der Waals surface area contributed by atoms with Gasteiger partial charge in [0.15, 0.2) is 6.10 Å². The molecule has 0 aliphatic carbocycles. The number of anilines is 1. The number of benzene rings is 2. The van der Waals surface area contributed by atoms with Gasteiger partial charge in [-0.3, -0.25) is 4.79 Å². The second kappa shape index (κ2) is 7.32. The third-order valence-electron chi connectivity index (χ3n) is 3.60. The molecule has 0 bridgehead atoms. The van der Waals surface area contributed by atoms with Crippen molar-refractivity contribution in [1.82, 2.24) is 9.55 Å². The van der Waals surface area contributed by atoms with Crippen molar-refractivity contribution in [3.63, 3.8) is 0 Å². The fraction of sp³-hybridized carbons (Fsp3) is 0.105. The summed E-state index contributed by atoms with van der Waals surface area (Å²) in [6.07, 6.45) is 4.60. The lowest BCUT2D eigenvalue weighted by atomic mass is 10.2. The van der Waals surface area contributed by atoms with Crippen molar-refractivity contribution in [2.24, 2.45) is 0 Å². The van der Waals surface area contributed by atoms with Crippen molar-refractivity contribution in [3.8, 4) is 17.5 Å². The molecule has 1 amide bonds. The Labute approximate surface area is 145 Å². The van der Waals surface area contributed by atoms with E-state index in [0.717, 1.165) is 5.69 Å². The van der Waals surface area contributed by atoms with Crippen LogP contribution < -0.4 is 10.1 Å². The van der Waals surface area contributed by atoms with Crippen LogP contribution in [0.3, 0.4) is 0 Å². The Bertz CT molecular complexity index is 879. The lowest BCUT2D eigenvalue weighted by Gasteiger charge is -2.15. The van der Waals surface area contributed by atoms with E-state index in [1.165, 1.54) is 0 Å². The highest BCUT2D eigenvalue weighted by atomic mass is 16.5. The third-order valence-corrected chi connectivity index (χ3v) is 3.60. The summed E-state index contributed by atoms with van der Waals surface area (Å²) in [5.41, 5.74) is 2.18. The van der Waals surface area contributed by atoms with E-state index in [-0.39, 0.29) is 5.91 Å². The summed E-state index contributed by atoms with van der Waals surface area (Å²) in [4.78, 5) is 16.3. The fourth-order valence-electron chi connectivity index (χ4n) is 2.24. The van der Waals surface area contributed by atoms with E-state index in [9.17, 15) is 4.79 Å². The number of carbonyl (C=O) groups excluding carboxylic acids is 1. The Morgan fingerprint density at radius 1 is 1.20 bits per heavy atom. The molecule has 0 radical (unpaired) electrons. The molecule has 1 aromatic heterocycles. The van der Waals surface area contributed by atoms with Gasteiger partial charge in [-0.1, -0.05) is 0 Å². The van der Waals surface area contributed by atoms with Crippen molar-refractivity contribution >= 4 is 11.6 Å². The zero-order chi connectivity index (χ0) is 17.6. The Kier molecular flexibility index (Phi) is 4.77. The Balaban J connectivity index is 1.60. The maximum Gasteiger partial charge on any atom is 0.265 e. The van der Waals surface area contributed by atoms with Crippen LogP contribution in [0.4, 0.5) is 5.69 Å². The fourth-order valence-corrected chi connectivity index (χ4v) is 2.24. The molecule has 25 heavy (non-hydrogen) atoms. The summed E-state index contributed by atoms with van der Waals surface area (Å²) in [5.74, 6) is 0.289. The molecule has 6 heteroatoms. The number of nitrogens with one attached hydrogen (secondary N) is 1. The predicted octanol–water partition coefficient (Wildman–Crippen LogP) is 3.15. The van der Waals surface area contributed by atoms with Crippen molar-refractivity contribution in [3.05, 3.63) is 72.8 Å². The SMILES string of the molecule is CC(Oc1ccc(C#N)cc1)C(=O)Nc1ccc(-n2ccnc2)cc1. The van der Waals surface area contributed by atoms with E-state index in [0.29, 0.717) is 17.0 Å². The van der Waals surface area contributed by atoms with E-state index in [4.69, 9.17) is 10.00 Å². The number of carbonyl (C=O) groups is 1. The quantitative estimate of drug-likeness (QED) is 0.778. The van der Waals surface area contributed by atoms with E-state index in [2.05, 4.69) is 10.3 Å². The number of imidazole rings is 1. The van der Waals surface area contributed by atoms with Gasteiger partial charge in [-0.15, -0.1) is 0 Å². The third kappa shape index (κ3) is 4.03. The van der Waals surface area contributed by atoms with Gasteiger partial charge in [0, 0.05) is 23.8 Å². The monoisotopic (exact) mass is 332 g/mol. The van der Waals surface area contributed by atoms with Crippen LogP contribution in [-0.4, -0.2) is 21.6 Å². The summed E-state index contributed by atoms with van der Waals surface area (Å²) < 4.78 is 7.47. The number of ether oxygens (including phenoxy) is 1. The molecule has 3 rings (SSSR count). The number of hydrogen-bond donors (Lipinski definition) is 1. The van der Waals surface area contributed by atoms with Gasteiger partial charge in [-0.25, -0.2) is 4.98 Å². The largest absolute Gasteiger partial charge is 0.481 e. The number of amides is 1. The average molecular weight is 332 g/mol. The van der Waals surface area contributed by atoms with Crippen LogP contribution in [-0.2, 0) is 4.79 Å². The van der Waals surface area contributed by atoms with E-state index < -0.39 is 6.10 Å². The molecule has 1 heterocycles. The highest BCUT2D eigenvalue weighted by molar-refractivity contribution is 5.94. The maximum atomic E-state index is 12.2. The molecule has 0 fully saturated rings. The molecule has 1 atom stereocenters. The first-order valence-electron chi connectivity index (χ1n) is 7.72. The summed E-state index contributed by atoms with van der Waals surface area (Å²) in [5, 5.41) is 11.6. The molecule has 0 saturated carbocycles. The molecule has 124 valence electrons. The van der Waals surface area contributed by atoms with E-state index >= 15 is 0 Å². The molecule has 0 saturated heterocycles. The molecule has 3 aromatic rings. The minimum Gasteiger partial charge on any atom is -0.481 e. The maximum absolute atomic E-state index is 12.2. The Hall–Kier alpha value is -3.59. The lowest BCUT2D eigenvalue weighted by molar-refractivity contribution is -0.122. The van der Waals surface area contributed by atoms with Crippen LogP contribution >= 0.6 is 0 Å². The van der Waals surface area contributed by atoms with Gasteiger partial charge >= 0.3 is 0 Å². The average Bonchev–Trinajstić information content (AvgIpc) is 3.17. The van der Waals surface area contributed by atoms with Crippen LogP contribution in [0.2, 0.25) is 0 Å². The number of hydrogen-bond acceptors (Lipinski definition) is 4. The van der Waals surface area contributed by atoms with Gasteiger partial charge in [0.05, 0.1) is 18.0 Å². The van der Waals surface area contributed by atoms with Gasteiger partial charge in [0.25, 0.3) is 5.91 Å². The van der Waals surface area contributed by atoms with Gasteiger partial charge < -0.3 is 14.6 Å². The van der Waals surface area contributed by atoms with Gasteiger partial charge in [0.1, 0.15) is 5.75 Å². The Morgan fingerprint density at radius 2 is 1.92 bits per heavy atom. The van der Waals surface area contributed by atoms with Crippen LogP contribution in [0.15, 0.2) is 67.3 Å². The molecular formula is C19H16N4O2. The van der Waals surface area contributed by atoms with E-state index in [1.54, 1.807) is 43.7 Å². The van der Waals surface area contributed by atoms with Crippen molar-refractivity contribution in [2.75, 3.05) is 5.32 Å². The highest BCUT2D eigenvalue weighted by Crippen LogP contribution is 2.16. The lowest BCUT2D eigenvalue weighted by Crippen LogP contribution is -2.30. The van der Waals surface area contributed by atoms with Crippen molar-refractivity contribution < 1.29 is 9.53 Å². The minimum absolute atomic E-state index is 0.250. The molecule has 0 aliphatic rings. The first kappa shape index (κ1) is 16.3. The summed E-state index contributed by atoms with van der Waals surface area (Å²) >= 11 is 0. The first-order valence-corrected chi connectivity index (χ1v) is 7.72. The van der Waals surface area contributed by atoms with Gasteiger partial charge in [0.2, 0.25) is 0 Å². The molecule has 1 unspecified atom stereocenters. The van der Waals surface area contributed by atoms with Crippen molar-refractivity contribution in [2.45, 2.75) is 13.0 Å². The molecule has 2 aromatic carbocycles. The second-order valence-electron chi connectivity index (χ2n) is 5.40. The second-order valence-corrected chi connectivity index (χ2v) is 5.40.